The maximum atomic E-state index is 12.9. The summed E-state index contributed by atoms with van der Waals surface area (Å²) in [5.41, 5.74) is 6.55. The van der Waals surface area contributed by atoms with Gasteiger partial charge in [-0.25, -0.2) is 14.4 Å². The van der Waals surface area contributed by atoms with Crippen LogP contribution in [-0.4, -0.2) is 15.0 Å². The lowest BCUT2D eigenvalue weighted by atomic mass is 10.2. The van der Waals surface area contributed by atoms with Crippen molar-refractivity contribution in [3.63, 3.8) is 0 Å². The molecule has 18 heavy (non-hydrogen) atoms. The maximum Gasteiger partial charge on any atom is 0.144 e. The Balaban J connectivity index is 2.37. The number of halogens is 2. The monoisotopic (exact) mass is 282 g/mol. The van der Waals surface area contributed by atoms with Crippen LogP contribution in [-0.2, 0) is 0 Å². The van der Waals surface area contributed by atoms with Gasteiger partial charge in [-0.1, -0.05) is 23.8 Å². The fourth-order valence-corrected chi connectivity index (χ4v) is 1.69. The van der Waals surface area contributed by atoms with Gasteiger partial charge in [0.05, 0.1) is 16.3 Å². The highest BCUT2D eigenvalue weighted by atomic mass is 35.5. The van der Waals surface area contributed by atoms with E-state index in [9.17, 15) is 4.39 Å². The number of nitrogens with one attached hydrogen (secondary N) is 1. The molecule has 1 aromatic heterocycles. The molecule has 0 aliphatic heterocycles. The Morgan fingerprint density at radius 1 is 1.44 bits per heavy atom. The van der Waals surface area contributed by atoms with Gasteiger partial charge in [-0.2, -0.15) is 0 Å². The van der Waals surface area contributed by atoms with E-state index in [1.165, 1.54) is 30.7 Å². The zero-order chi connectivity index (χ0) is 13.1. The van der Waals surface area contributed by atoms with Crippen LogP contribution in [0.1, 0.15) is 5.56 Å². The number of anilines is 2. The summed E-state index contributed by atoms with van der Waals surface area (Å²) in [5.74, 6) is 0.00816. The second kappa shape index (κ2) is 5.24. The second-order valence-corrected chi connectivity index (χ2v) is 4.25. The largest absolute Gasteiger partial charge is 0.389 e. The summed E-state index contributed by atoms with van der Waals surface area (Å²) in [6.07, 6.45) is 2.84. The molecule has 0 aliphatic carbocycles. The van der Waals surface area contributed by atoms with Gasteiger partial charge in [-0.3, -0.25) is 0 Å². The van der Waals surface area contributed by atoms with E-state index in [2.05, 4.69) is 15.3 Å². The molecule has 4 nitrogen and oxygen atoms in total. The highest BCUT2D eigenvalue weighted by Gasteiger charge is 2.09. The lowest BCUT2D eigenvalue weighted by molar-refractivity contribution is 0.628. The summed E-state index contributed by atoms with van der Waals surface area (Å²) in [7, 11) is 0. The van der Waals surface area contributed by atoms with Crippen LogP contribution >= 0.6 is 23.8 Å². The topological polar surface area (TPSA) is 63.8 Å². The molecule has 0 amide bonds. The van der Waals surface area contributed by atoms with E-state index in [0.29, 0.717) is 17.1 Å². The highest BCUT2D eigenvalue weighted by Crippen LogP contribution is 2.26. The molecule has 0 spiro atoms. The third-order valence-corrected chi connectivity index (χ3v) is 2.69. The Morgan fingerprint density at radius 2 is 2.22 bits per heavy atom. The Bertz CT molecular complexity index is 605. The number of nitrogens with zero attached hydrogens (tertiary/aromatic N) is 2. The average Bonchev–Trinajstić information content (AvgIpc) is 2.33. The van der Waals surface area contributed by atoms with Gasteiger partial charge in [-0.15, -0.1) is 0 Å². The second-order valence-electron chi connectivity index (χ2n) is 3.40. The van der Waals surface area contributed by atoms with Gasteiger partial charge in [0, 0.05) is 6.20 Å². The van der Waals surface area contributed by atoms with Gasteiger partial charge < -0.3 is 11.1 Å². The highest BCUT2D eigenvalue weighted by molar-refractivity contribution is 7.80. The minimum atomic E-state index is -0.414. The van der Waals surface area contributed by atoms with Crippen molar-refractivity contribution in [1.29, 1.82) is 0 Å². The van der Waals surface area contributed by atoms with E-state index in [1.807, 2.05) is 0 Å². The first kappa shape index (κ1) is 12.7. The first-order chi connectivity index (χ1) is 8.58. The van der Waals surface area contributed by atoms with E-state index in [0.717, 1.165) is 0 Å². The predicted molar refractivity (Wildman–Crippen MR) is 72.6 cm³/mol. The van der Waals surface area contributed by atoms with Gasteiger partial charge in [0.25, 0.3) is 0 Å². The van der Waals surface area contributed by atoms with Crippen LogP contribution in [0.4, 0.5) is 15.9 Å². The Labute approximate surface area is 113 Å². The molecule has 0 aliphatic rings. The number of benzene rings is 1. The van der Waals surface area contributed by atoms with Crippen molar-refractivity contribution in [2.24, 2.45) is 5.73 Å². The van der Waals surface area contributed by atoms with Crippen LogP contribution in [0, 0.1) is 5.82 Å². The summed E-state index contributed by atoms with van der Waals surface area (Å²) in [5, 5.41) is 3.17. The minimum Gasteiger partial charge on any atom is -0.389 e. The molecule has 0 atom stereocenters. The van der Waals surface area contributed by atoms with Crippen molar-refractivity contribution in [2.45, 2.75) is 0 Å². The van der Waals surface area contributed by atoms with Crippen molar-refractivity contribution < 1.29 is 4.39 Å². The summed E-state index contributed by atoms with van der Waals surface area (Å²) >= 11 is 10.8. The molecule has 0 fully saturated rings. The van der Waals surface area contributed by atoms with Crippen molar-refractivity contribution in [1.82, 2.24) is 9.97 Å². The molecule has 0 unspecified atom stereocenters. The van der Waals surface area contributed by atoms with E-state index >= 15 is 0 Å². The molecule has 2 rings (SSSR count). The SMILES string of the molecule is NC(=S)c1cncnc1Nc1ccc(F)cc1Cl. The Kier molecular flexibility index (Phi) is 3.69. The third-order valence-electron chi connectivity index (χ3n) is 2.16. The van der Waals surface area contributed by atoms with Gasteiger partial charge >= 0.3 is 0 Å². The van der Waals surface area contributed by atoms with Crippen LogP contribution in [0.3, 0.4) is 0 Å². The number of hydrogen-bond donors (Lipinski definition) is 2. The molecule has 2 aromatic rings. The lowest BCUT2D eigenvalue weighted by Gasteiger charge is -2.10. The molecule has 1 aromatic carbocycles. The molecule has 7 heteroatoms. The molecule has 0 radical (unpaired) electrons. The molecule has 0 saturated heterocycles. The number of aromatic nitrogens is 2. The zero-order valence-corrected chi connectivity index (χ0v) is 10.6. The molecular formula is C11H8ClFN4S. The van der Waals surface area contributed by atoms with Crippen LogP contribution in [0.2, 0.25) is 5.02 Å². The fourth-order valence-electron chi connectivity index (χ4n) is 1.33. The van der Waals surface area contributed by atoms with Crippen LogP contribution in [0.25, 0.3) is 0 Å². The quantitative estimate of drug-likeness (QED) is 0.848. The van der Waals surface area contributed by atoms with Crippen LogP contribution in [0.15, 0.2) is 30.7 Å². The average molecular weight is 283 g/mol. The number of thiocarbonyl (C=S) groups is 1. The molecule has 0 bridgehead atoms. The summed E-state index contributed by atoms with van der Waals surface area (Å²) in [4.78, 5) is 8.01. The lowest BCUT2D eigenvalue weighted by Crippen LogP contribution is -2.13. The maximum absolute atomic E-state index is 12.9. The number of hydrogen-bond acceptors (Lipinski definition) is 4. The van der Waals surface area contributed by atoms with E-state index in [-0.39, 0.29) is 10.0 Å². The van der Waals surface area contributed by atoms with Gasteiger partial charge in [0.1, 0.15) is 23.0 Å². The van der Waals surface area contributed by atoms with Gasteiger partial charge in [0.2, 0.25) is 0 Å². The zero-order valence-electron chi connectivity index (χ0n) is 9.02. The van der Waals surface area contributed by atoms with Crippen molar-refractivity contribution >= 4 is 40.3 Å². The molecule has 0 saturated carbocycles. The van der Waals surface area contributed by atoms with Crippen molar-refractivity contribution in [3.8, 4) is 0 Å². The number of nitrogens with two attached hydrogens (primary N) is 1. The van der Waals surface area contributed by atoms with Crippen LogP contribution in [0.5, 0.6) is 0 Å². The summed E-state index contributed by atoms with van der Waals surface area (Å²) in [6.45, 7) is 0. The van der Waals surface area contributed by atoms with E-state index in [4.69, 9.17) is 29.6 Å². The number of rotatable bonds is 3. The Morgan fingerprint density at radius 3 is 2.89 bits per heavy atom. The first-order valence-electron chi connectivity index (χ1n) is 4.90. The van der Waals surface area contributed by atoms with Gasteiger partial charge in [-0.05, 0) is 18.2 Å². The van der Waals surface area contributed by atoms with Crippen molar-refractivity contribution in [2.75, 3.05) is 5.32 Å². The van der Waals surface area contributed by atoms with E-state index in [1.54, 1.807) is 0 Å². The molecular weight excluding hydrogens is 275 g/mol. The van der Waals surface area contributed by atoms with Crippen LogP contribution < -0.4 is 11.1 Å². The summed E-state index contributed by atoms with van der Waals surface area (Å²) < 4.78 is 12.9. The smallest absolute Gasteiger partial charge is 0.144 e. The normalized spacial score (nSPS) is 10.1. The predicted octanol–water partition coefficient (Wildman–Crippen LogP) is 2.65. The summed E-state index contributed by atoms with van der Waals surface area (Å²) in [6, 6.07) is 3.99. The molecule has 1 heterocycles. The van der Waals surface area contributed by atoms with E-state index < -0.39 is 5.82 Å². The third kappa shape index (κ3) is 2.72. The first-order valence-corrected chi connectivity index (χ1v) is 5.68. The molecule has 3 N–H and O–H groups in total. The fraction of sp³-hybridized carbons (Fsp3) is 0. The van der Waals surface area contributed by atoms with Crippen molar-refractivity contribution in [3.05, 3.63) is 47.1 Å². The standard InChI is InChI=1S/C11H8ClFN4S/c12-8-3-6(13)1-2-9(8)17-11-7(10(14)18)4-15-5-16-11/h1-5H,(H2,14,18)(H,15,16,17). The minimum absolute atomic E-state index is 0.163. The Hall–Kier alpha value is -1.79. The molecule has 92 valence electrons. The van der Waals surface area contributed by atoms with Gasteiger partial charge in [0.15, 0.2) is 0 Å².